The number of rotatable bonds is 6. The van der Waals surface area contributed by atoms with E-state index in [1.165, 1.54) is 5.56 Å². The molecule has 2 heterocycles. The van der Waals surface area contributed by atoms with Gasteiger partial charge in [0.25, 0.3) is 0 Å². The Morgan fingerprint density at radius 1 is 1.08 bits per heavy atom. The molecule has 0 saturated carbocycles. The van der Waals surface area contributed by atoms with Gasteiger partial charge in [0.05, 0.1) is 17.6 Å². The average Bonchev–Trinajstić information content (AvgIpc) is 3.10. The van der Waals surface area contributed by atoms with E-state index in [0.29, 0.717) is 0 Å². The van der Waals surface area contributed by atoms with Crippen molar-refractivity contribution in [1.82, 2.24) is 14.9 Å². The van der Waals surface area contributed by atoms with Gasteiger partial charge in [-0.15, -0.1) is 0 Å². The van der Waals surface area contributed by atoms with Crippen LogP contribution in [0, 0.1) is 5.41 Å². The number of H-pyrrole nitrogens is 1. The van der Waals surface area contributed by atoms with Gasteiger partial charge in [-0.05, 0) is 49.9 Å². The summed E-state index contributed by atoms with van der Waals surface area (Å²) in [5.41, 5.74) is 3.48. The topological polar surface area (TPSA) is 52.1 Å². The summed E-state index contributed by atoms with van der Waals surface area (Å²) in [6.45, 7) is 3.09. The van der Waals surface area contributed by atoms with Gasteiger partial charge in [0, 0.05) is 18.6 Å². The summed E-state index contributed by atoms with van der Waals surface area (Å²) in [5, 5.41) is 10.2. The predicted molar refractivity (Wildman–Crippen MR) is 105 cm³/mol. The lowest BCUT2D eigenvalue weighted by Crippen LogP contribution is -2.45. The molecule has 0 radical (unpaired) electrons. The van der Waals surface area contributed by atoms with Crippen LogP contribution in [0.3, 0.4) is 0 Å². The van der Waals surface area contributed by atoms with Crippen molar-refractivity contribution in [3.63, 3.8) is 0 Å². The van der Waals surface area contributed by atoms with Gasteiger partial charge >= 0.3 is 0 Å². The fraction of sp³-hybridized carbons (Fsp3) is 0.409. The highest BCUT2D eigenvalue weighted by Gasteiger charge is 2.34. The Hall–Kier alpha value is -2.17. The minimum atomic E-state index is 0.000106. The van der Waals surface area contributed by atoms with Gasteiger partial charge in [0.2, 0.25) is 0 Å². The van der Waals surface area contributed by atoms with E-state index >= 15 is 0 Å². The number of hydrogen-bond donors (Lipinski definition) is 2. The molecule has 0 aliphatic carbocycles. The molecule has 1 saturated heterocycles. The van der Waals surface area contributed by atoms with Crippen molar-refractivity contribution in [2.75, 3.05) is 19.7 Å². The molecule has 0 bridgehead atoms. The molecular weight excluding hydrogens is 322 g/mol. The number of hydrogen-bond acceptors (Lipinski definition) is 3. The minimum Gasteiger partial charge on any atom is -0.396 e. The molecule has 0 spiro atoms. The zero-order valence-corrected chi connectivity index (χ0v) is 15.2. The Labute approximate surface area is 154 Å². The third-order valence-electron chi connectivity index (χ3n) is 5.67. The average molecular weight is 349 g/mol. The van der Waals surface area contributed by atoms with Crippen molar-refractivity contribution < 1.29 is 5.11 Å². The fourth-order valence-corrected chi connectivity index (χ4v) is 4.20. The first-order valence-electron chi connectivity index (χ1n) is 9.57. The predicted octanol–water partition coefficient (Wildman–Crippen LogP) is 3.77. The number of benzene rings is 2. The number of fused-ring (bicyclic) bond motifs is 1. The minimum absolute atomic E-state index is 0.000106. The summed E-state index contributed by atoms with van der Waals surface area (Å²) in [5.74, 6) is 1.02. The number of para-hydroxylation sites is 2. The molecule has 1 aromatic heterocycles. The summed E-state index contributed by atoms with van der Waals surface area (Å²) in [6.07, 6.45) is 4.30. The molecule has 2 N–H and O–H groups in total. The maximum Gasteiger partial charge on any atom is 0.121 e. The van der Waals surface area contributed by atoms with Crippen LogP contribution in [-0.4, -0.2) is 39.7 Å². The van der Waals surface area contributed by atoms with Crippen molar-refractivity contribution in [2.45, 2.75) is 32.2 Å². The van der Waals surface area contributed by atoms with Crippen LogP contribution in [0.1, 0.15) is 30.7 Å². The number of aromatic nitrogens is 2. The summed E-state index contributed by atoms with van der Waals surface area (Å²) in [6, 6.07) is 18.8. The van der Waals surface area contributed by atoms with Gasteiger partial charge in [-0.1, -0.05) is 42.5 Å². The van der Waals surface area contributed by atoms with E-state index in [0.717, 1.165) is 62.2 Å². The van der Waals surface area contributed by atoms with Crippen LogP contribution < -0.4 is 0 Å². The highest BCUT2D eigenvalue weighted by Crippen LogP contribution is 2.35. The number of likely N-dealkylation sites (tertiary alicyclic amines) is 1. The van der Waals surface area contributed by atoms with Crippen LogP contribution in [0.4, 0.5) is 0 Å². The summed E-state index contributed by atoms with van der Waals surface area (Å²) in [7, 11) is 0. The number of aliphatic hydroxyl groups is 1. The SMILES string of the molecule is OCC1(CCc2ccccc2)CCCN(Cc2nc3ccccc3[nH]2)C1. The first-order chi connectivity index (χ1) is 12.8. The van der Waals surface area contributed by atoms with Crippen LogP contribution in [-0.2, 0) is 13.0 Å². The van der Waals surface area contributed by atoms with Crippen LogP contribution in [0.25, 0.3) is 11.0 Å². The molecular formula is C22H27N3O. The van der Waals surface area contributed by atoms with Crippen molar-refractivity contribution in [3.8, 4) is 0 Å². The van der Waals surface area contributed by atoms with Crippen LogP contribution >= 0.6 is 0 Å². The molecule has 26 heavy (non-hydrogen) atoms. The molecule has 4 heteroatoms. The lowest BCUT2D eigenvalue weighted by atomic mass is 9.76. The highest BCUT2D eigenvalue weighted by molar-refractivity contribution is 5.74. The van der Waals surface area contributed by atoms with Gasteiger partial charge in [0.1, 0.15) is 5.82 Å². The molecule has 136 valence electrons. The molecule has 1 unspecified atom stereocenters. The summed E-state index contributed by atoms with van der Waals surface area (Å²) < 4.78 is 0. The molecule has 4 nitrogen and oxygen atoms in total. The standard InChI is InChI=1S/C22H27N3O/c26-17-22(13-11-18-7-2-1-3-8-18)12-6-14-25(16-22)15-21-23-19-9-4-5-10-20(19)24-21/h1-5,7-10,26H,6,11-17H2,(H,23,24). The Bertz CT molecular complexity index is 812. The van der Waals surface area contributed by atoms with E-state index in [1.54, 1.807) is 0 Å². The van der Waals surface area contributed by atoms with Crippen LogP contribution in [0.15, 0.2) is 54.6 Å². The van der Waals surface area contributed by atoms with E-state index in [1.807, 2.05) is 18.2 Å². The summed E-state index contributed by atoms with van der Waals surface area (Å²) in [4.78, 5) is 10.6. The maximum atomic E-state index is 10.2. The molecule has 0 amide bonds. The molecule has 1 aliphatic rings. The number of imidazole rings is 1. The number of nitrogens with zero attached hydrogens (tertiary/aromatic N) is 2. The number of aromatic amines is 1. The largest absolute Gasteiger partial charge is 0.396 e. The summed E-state index contributed by atoms with van der Waals surface area (Å²) >= 11 is 0. The molecule has 4 rings (SSSR count). The second-order valence-electron chi connectivity index (χ2n) is 7.66. The number of piperidine rings is 1. The Morgan fingerprint density at radius 2 is 1.88 bits per heavy atom. The smallest absolute Gasteiger partial charge is 0.121 e. The van der Waals surface area contributed by atoms with Crippen molar-refractivity contribution in [1.29, 1.82) is 0 Å². The van der Waals surface area contributed by atoms with Crippen LogP contribution in [0.2, 0.25) is 0 Å². The van der Waals surface area contributed by atoms with Crippen molar-refractivity contribution >= 4 is 11.0 Å². The third-order valence-corrected chi connectivity index (χ3v) is 5.67. The second kappa shape index (κ2) is 7.60. The van der Waals surface area contributed by atoms with Gasteiger partial charge in [-0.3, -0.25) is 4.90 Å². The first kappa shape index (κ1) is 17.3. The van der Waals surface area contributed by atoms with Gasteiger partial charge in [-0.2, -0.15) is 0 Å². The van der Waals surface area contributed by atoms with E-state index < -0.39 is 0 Å². The Balaban J connectivity index is 1.43. The highest BCUT2D eigenvalue weighted by atomic mass is 16.3. The molecule has 2 aromatic carbocycles. The van der Waals surface area contributed by atoms with E-state index in [9.17, 15) is 5.11 Å². The lowest BCUT2D eigenvalue weighted by molar-refractivity contribution is 0.0215. The van der Waals surface area contributed by atoms with Crippen molar-refractivity contribution in [3.05, 3.63) is 66.0 Å². The maximum absolute atomic E-state index is 10.2. The first-order valence-corrected chi connectivity index (χ1v) is 9.57. The third kappa shape index (κ3) is 3.81. The number of aliphatic hydroxyl groups excluding tert-OH is 1. The number of aryl methyl sites for hydroxylation is 1. The second-order valence-corrected chi connectivity index (χ2v) is 7.66. The monoisotopic (exact) mass is 349 g/mol. The molecule has 1 atom stereocenters. The van der Waals surface area contributed by atoms with E-state index in [2.05, 4.69) is 46.3 Å². The molecule has 1 fully saturated rings. The lowest BCUT2D eigenvalue weighted by Gasteiger charge is -2.41. The van der Waals surface area contributed by atoms with Gasteiger partial charge in [0.15, 0.2) is 0 Å². The molecule has 1 aliphatic heterocycles. The van der Waals surface area contributed by atoms with Gasteiger partial charge in [-0.25, -0.2) is 4.98 Å². The quantitative estimate of drug-likeness (QED) is 0.712. The van der Waals surface area contributed by atoms with E-state index in [-0.39, 0.29) is 12.0 Å². The van der Waals surface area contributed by atoms with Crippen molar-refractivity contribution in [2.24, 2.45) is 5.41 Å². The van der Waals surface area contributed by atoms with E-state index in [4.69, 9.17) is 4.98 Å². The van der Waals surface area contributed by atoms with Crippen LogP contribution in [0.5, 0.6) is 0 Å². The Kier molecular flexibility index (Phi) is 5.05. The Morgan fingerprint density at radius 3 is 2.69 bits per heavy atom. The number of nitrogens with one attached hydrogen (secondary N) is 1. The normalized spacial score (nSPS) is 21.3. The fourth-order valence-electron chi connectivity index (χ4n) is 4.20. The zero-order chi connectivity index (χ0) is 17.8. The molecule has 3 aromatic rings. The van der Waals surface area contributed by atoms with Gasteiger partial charge < -0.3 is 10.1 Å². The zero-order valence-electron chi connectivity index (χ0n) is 15.2.